The van der Waals surface area contributed by atoms with Crippen molar-refractivity contribution in [1.29, 1.82) is 0 Å². The number of likely N-dealkylation sites (tertiary alicyclic amines) is 1. The van der Waals surface area contributed by atoms with Gasteiger partial charge in [0.1, 0.15) is 0 Å². The molecule has 0 amide bonds. The van der Waals surface area contributed by atoms with Crippen molar-refractivity contribution in [2.24, 2.45) is 0 Å². The fraction of sp³-hybridized carbons (Fsp3) is 0.500. The fourth-order valence-corrected chi connectivity index (χ4v) is 3.98. The van der Waals surface area contributed by atoms with E-state index in [-0.39, 0.29) is 6.10 Å². The van der Waals surface area contributed by atoms with Crippen molar-refractivity contribution in [1.82, 2.24) is 9.88 Å². The number of halogens is 1. The molecule has 108 valence electrons. The summed E-state index contributed by atoms with van der Waals surface area (Å²) in [5.41, 5.74) is -0.178. The fourth-order valence-electron chi connectivity index (χ4n) is 2.61. The van der Waals surface area contributed by atoms with E-state index in [1.165, 1.54) is 11.3 Å². The Morgan fingerprint density at radius 3 is 3.05 bits per heavy atom. The van der Waals surface area contributed by atoms with Crippen molar-refractivity contribution in [3.63, 3.8) is 0 Å². The van der Waals surface area contributed by atoms with Crippen LogP contribution in [0.5, 0.6) is 0 Å². The van der Waals surface area contributed by atoms with Crippen LogP contribution in [0.2, 0.25) is 5.02 Å². The highest BCUT2D eigenvalue weighted by atomic mass is 35.5. The molecule has 1 aliphatic heterocycles. The molecule has 0 aromatic carbocycles. The van der Waals surface area contributed by atoms with Gasteiger partial charge in [0.25, 0.3) is 0 Å². The van der Waals surface area contributed by atoms with Crippen LogP contribution in [0.1, 0.15) is 18.2 Å². The average molecular weight is 313 g/mol. The van der Waals surface area contributed by atoms with Crippen LogP contribution in [0, 0.1) is 0 Å². The number of methoxy groups -OCH3 is 1. The second-order valence-electron chi connectivity index (χ2n) is 5.23. The highest BCUT2D eigenvalue weighted by Crippen LogP contribution is 2.38. The lowest BCUT2D eigenvalue weighted by Gasteiger charge is -2.32. The Morgan fingerprint density at radius 2 is 2.40 bits per heavy atom. The van der Waals surface area contributed by atoms with Crippen LogP contribution in [0.3, 0.4) is 0 Å². The standard InChI is InChI=1S/C14H17ClN2O2S/c1-14(18,17-6-4-9(8-17)19-2)12-7-11-13(20-12)10(15)3-5-16-11/h3,5,7,9,18H,4,6,8H2,1-2H3. The molecule has 1 aliphatic rings. The van der Waals surface area contributed by atoms with E-state index in [2.05, 4.69) is 4.98 Å². The van der Waals surface area contributed by atoms with Crippen molar-refractivity contribution in [2.45, 2.75) is 25.2 Å². The molecule has 2 aromatic heterocycles. The summed E-state index contributed by atoms with van der Waals surface area (Å²) in [5.74, 6) is 0. The van der Waals surface area contributed by atoms with Crippen LogP contribution >= 0.6 is 22.9 Å². The summed E-state index contributed by atoms with van der Waals surface area (Å²) >= 11 is 7.68. The zero-order chi connectivity index (χ0) is 14.3. The number of thiophene rings is 1. The molecule has 2 aromatic rings. The summed E-state index contributed by atoms with van der Waals surface area (Å²) in [6, 6.07) is 3.70. The molecule has 0 saturated carbocycles. The maximum Gasteiger partial charge on any atom is 0.151 e. The molecule has 3 rings (SSSR count). The second kappa shape index (κ2) is 5.24. The Balaban J connectivity index is 1.95. The predicted octanol–water partition coefficient (Wildman–Crippen LogP) is 2.84. The first-order valence-corrected chi connectivity index (χ1v) is 7.76. The number of aliphatic hydroxyl groups is 1. The Hall–Kier alpha value is -0.720. The van der Waals surface area contributed by atoms with Gasteiger partial charge in [-0.2, -0.15) is 0 Å². The van der Waals surface area contributed by atoms with Crippen molar-refractivity contribution < 1.29 is 9.84 Å². The maximum absolute atomic E-state index is 10.9. The van der Waals surface area contributed by atoms with Crippen molar-refractivity contribution in [2.75, 3.05) is 20.2 Å². The minimum absolute atomic E-state index is 0.192. The molecule has 1 fully saturated rings. The topological polar surface area (TPSA) is 45.6 Å². The van der Waals surface area contributed by atoms with E-state index in [1.54, 1.807) is 19.4 Å². The Morgan fingerprint density at radius 1 is 1.60 bits per heavy atom. The summed E-state index contributed by atoms with van der Waals surface area (Å²) in [5, 5.41) is 11.6. The number of aromatic nitrogens is 1. The average Bonchev–Trinajstić information content (AvgIpc) is 3.06. The summed E-state index contributed by atoms with van der Waals surface area (Å²) in [6.45, 7) is 3.38. The monoisotopic (exact) mass is 312 g/mol. The molecule has 1 N–H and O–H groups in total. The third-order valence-electron chi connectivity index (χ3n) is 3.92. The summed E-state index contributed by atoms with van der Waals surface area (Å²) < 4.78 is 6.29. The van der Waals surface area contributed by atoms with E-state index in [1.807, 2.05) is 17.9 Å². The lowest BCUT2D eigenvalue weighted by atomic mass is 10.2. The SMILES string of the molecule is COC1CCN(C(C)(O)c2cc3nccc(Cl)c3s2)C1. The molecular weight excluding hydrogens is 296 g/mol. The summed E-state index contributed by atoms with van der Waals surface area (Å²) in [4.78, 5) is 7.21. The predicted molar refractivity (Wildman–Crippen MR) is 81.2 cm³/mol. The van der Waals surface area contributed by atoms with E-state index >= 15 is 0 Å². The molecule has 1 saturated heterocycles. The number of nitrogens with zero attached hydrogens (tertiary/aromatic N) is 2. The Kier molecular flexibility index (Phi) is 3.73. The van der Waals surface area contributed by atoms with Gasteiger partial charge >= 0.3 is 0 Å². The van der Waals surface area contributed by atoms with Gasteiger partial charge in [0.2, 0.25) is 0 Å². The molecular formula is C14H17ClN2O2S. The smallest absolute Gasteiger partial charge is 0.151 e. The first kappa shape index (κ1) is 14.2. The number of hydrogen-bond acceptors (Lipinski definition) is 5. The molecule has 0 aliphatic carbocycles. The van der Waals surface area contributed by atoms with Gasteiger partial charge in [-0.1, -0.05) is 11.6 Å². The third-order valence-corrected chi connectivity index (χ3v) is 5.71. The van der Waals surface area contributed by atoms with Gasteiger partial charge in [0.05, 0.1) is 26.2 Å². The molecule has 0 spiro atoms. The van der Waals surface area contributed by atoms with Crippen LogP contribution in [0.25, 0.3) is 10.2 Å². The van der Waals surface area contributed by atoms with E-state index in [4.69, 9.17) is 16.3 Å². The molecule has 3 heterocycles. The van der Waals surface area contributed by atoms with Gasteiger partial charge < -0.3 is 9.84 Å². The van der Waals surface area contributed by atoms with Gasteiger partial charge in [-0.15, -0.1) is 11.3 Å². The summed E-state index contributed by atoms with van der Waals surface area (Å²) in [7, 11) is 1.71. The number of rotatable bonds is 3. The quantitative estimate of drug-likeness (QED) is 0.946. The molecule has 20 heavy (non-hydrogen) atoms. The van der Waals surface area contributed by atoms with Crippen molar-refractivity contribution in [3.05, 3.63) is 28.2 Å². The van der Waals surface area contributed by atoms with Gasteiger partial charge in [0.15, 0.2) is 5.72 Å². The molecule has 6 heteroatoms. The Bertz CT molecular complexity index is 629. The highest BCUT2D eigenvalue weighted by Gasteiger charge is 2.38. The van der Waals surface area contributed by atoms with Crippen LogP contribution in [-0.2, 0) is 10.5 Å². The molecule has 4 nitrogen and oxygen atoms in total. The summed E-state index contributed by atoms with van der Waals surface area (Å²) in [6.07, 6.45) is 2.82. The minimum Gasteiger partial charge on any atom is -0.380 e. The van der Waals surface area contributed by atoms with E-state index in [9.17, 15) is 5.11 Å². The lowest BCUT2D eigenvalue weighted by molar-refractivity contribution is -0.0909. The van der Waals surface area contributed by atoms with Crippen LogP contribution in [-0.4, -0.2) is 41.3 Å². The molecule has 2 atom stereocenters. The van der Waals surface area contributed by atoms with Crippen LogP contribution in [0.15, 0.2) is 18.3 Å². The maximum atomic E-state index is 10.9. The number of hydrogen-bond donors (Lipinski definition) is 1. The number of pyridine rings is 1. The first-order chi connectivity index (χ1) is 9.52. The number of ether oxygens (including phenoxy) is 1. The normalized spacial score (nSPS) is 23.3. The van der Waals surface area contributed by atoms with Gasteiger partial charge in [-0.05, 0) is 25.5 Å². The Labute approximate surface area is 126 Å². The number of fused-ring (bicyclic) bond motifs is 1. The van der Waals surface area contributed by atoms with E-state index in [0.717, 1.165) is 34.6 Å². The highest BCUT2D eigenvalue weighted by molar-refractivity contribution is 7.19. The van der Waals surface area contributed by atoms with E-state index < -0.39 is 5.72 Å². The van der Waals surface area contributed by atoms with Crippen molar-refractivity contribution >= 4 is 33.2 Å². The minimum atomic E-state index is -1.01. The molecule has 0 bridgehead atoms. The first-order valence-electron chi connectivity index (χ1n) is 6.57. The lowest BCUT2D eigenvalue weighted by Crippen LogP contribution is -2.42. The zero-order valence-electron chi connectivity index (χ0n) is 11.5. The van der Waals surface area contributed by atoms with Gasteiger partial charge in [-0.3, -0.25) is 9.88 Å². The van der Waals surface area contributed by atoms with Crippen LogP contribution in [0.4, 0.5) is 0 Å². The molecule has 2 unspecified atom stereocenters. The van der Waals surface area contributed by atoms with E-state index in [0.29, 0.717) is 5.02 Å². The molecule has 0 radical (unpaired) electrons. The largest absolute Gasteiger partial charge is 0.380 e. The zero-order valence-corrected chi connectivity index (χ0v) is 13.0. The van der Waals surface area contributed by atoms with Gasteiger partial charge in [-0.25, -0.2) is 0 Å². The second-order valence-corrected chi connectivity index (χ2v) is 6.69. The van der Waals surface area contributed by atoms with Gasteiger partial charge in [0, 0.05) is 26.4 Å². The van der Waals surface area contributed by atoms with Crippen LogP contribution < -0.4 is 0 Å². The van der Waals surface area contributed by atoms with Crippen molar-refractivity contribution in [3.8, 4) is 0 Å². The third kappa shape index (κ3) is 2.34.